The van der Waals surface area contributed by atoms with Crippen molar-refractivity contribution in [1.82, 2.24) is 4.90 Å². The summed E-state index contributed by atoms with van der Waals surface area (Å²) >= 11 is 9.78. The van der Waals surface area contributed by atoms with E-state index in [-0.39, 0.29) is 0 Å². The Morgan fingerprint density at radius 1 is 1.37 bits per heavy atom. The first-order chi connectivity index (χ1) is 9.08. The van der Waals surface area contributed by atoms with E-state index in [2.05, 4.69) is 44.6 Å². The molecule has 0 aromatic heterocycles. The molecule has 102 valence electrons. The minimum atomic E-state index is 0.462. The molecule has 1 aromatic carbocycles. The van der Waals surface area contributed by atoms with Crippen LogP contribution < -0.4 is 4.90 Å². The van der Waals surface area contributed by atoms with E-state index in [0.29, 0.717) is 6.04 Å². The molecular weight excluding hydrogens is 326 g/mol. The number of anilines is 1. The number of halogens is 2. The van der Waals surface area contributed by atoms with Crippen LogP contribution >= 0.6 is 27.5 Å². The molecule has 2 aliphatic heterocycles. The summed E-state index contributed by atoms with van der Waals surface area (Å²) in [7, 11) is 0. The summed E-state index contributed by atoms with van der Waals surface area (Å²) in [5.74, 6) is 1.12. The molecule has 1 saturated heterocycles. The Kier molecular flexibility index (Phi) is 3.48. The highest BCUT2D eigenvalue weighted by Crippen LogP contribution is 2.37. The molecule has 3 nitrogen and oxygen atoms in total. The molecule has 0 bridgehead atoms. The highest BCUT2D eigenvalue weighted by atomic mass is 79.9. The lowest BCUT2D eigenvalue weighted by Crippen LogP contribution is -2.53. The van der Waals surface area contributed by atoms with E-state index in [4.69, 9.17) is 11.6 Å². The minimum absolute atomic E-state index is 0.462. The lowest BCUT2D eigenvalue weighted by atomic mass is 10.1. The number of fused-ring (bicyclic) bond motifs is 1. The molecule has 3 rings (SSSR count). The van der Waals surface area contributed by atoms with Gasteiger partial charge in [0.05, 0.1) is 12.2 Å². The van der Waals surface area contributed by atoms with E-state index in [0.717, 1.165) is 41.5 Å². The van der Waals surface area contributed by atoms with Gasteiger partial charge in [-0.2, -0.15) is 0 Å². The fourth-order valence-electron chi connectivity index (χ4n) is 2.90. The van der Waals surface area contributed by atoms with Gasteiger partial charge in [-0.25, -0.2) is 0 Å². The van der Waals surface area contributed by atoms with Crippen LogP contribution in [0.1, 0.15) is 18.9 Å². The largest absolute Gasteiger partial charge is 0.341 e. The topological polar surface area (TPSA) is 18.8 Å². The first-order valence-corrected chi connectivity index (χ1v) is 7.79. The zero-order valence-electron chi connectivity index (χ0n) is 11.2. The van der Waals surface area contributed by atoms with Crippen molar-refractivity contribution in [3.63, 3.8) is 0 Å². The molecule has 1 fully saturated rings. The van der Waals surface area contributed by atoms with Gasteiger partial charge in [0.15, 0.2) is 0 Å². The second-order valence-electron chi connectivity index (χ2n) is 5.23. The van der Waals surface area contributed by atoms with Crippen LogP contribution in [0, 0.1) is 6.92 Å². The van der Waals surface area contributed by atoms with E-state index in [9.17, 15) is 0 Å². The summed E-state index contributed by atoms with van der Waals surface area (Å²) in [4.78, 5) is 9.41. The van der Waals surface area contributed by atoms with Crippen molar-refractivity contribution in [2.45, 2.75) is 26.3 Å². The Morgan fingerprint density at radius 3 is 2.89 bits per heavy atom. The van der Waals surface area contributed by atoms with Gasteiger partial charge in [0, 0.05) is 28.6 Å². The molecule has 5 heteroatoms. The van der Waals surface area contributed by atoms with Crippen molar-refractivity contribution in [3.05, 3.63) is 27.2 Å². The van der Waals surface area contributed by atoms with Crippen LogP contribution in [-0.2, 0) is 0 Å². The van der Waals surface area contributed by atoms with Crippen molar-refractivity contribution < 1.29 is 0 Å². The van der Waals surface area contributed by atoms with Gasteiger partial charge in [0.2, 0.25) is 5.96 Å². The van der Waals surface area contributed by atoms with E-state index < -0.39 is 0 Å². The summed E-state index contributed by atoms with van der Waals surface area (Å²) in [6.07, 6.45) is 1.16. The van der Waals surface area contributed by atoms with Gasteiger partial charge in [-0.3, -0.25) is 4.99 Å². The van der Waals surface area contributed by atoms with Crippen molar-refractivity contribution in [2.75, 3.05) is 24.5 Å². The number of rotatable bonds is 1. The average Bonchev–Trinajstić information content (AvgIpc) is 2.79. The normalized spacial score (nSPS) is 22.5. The molecular formula is C14H17BrClN3. The number of benzene rings is 1. The third kappa shape index (κ3) is 2.25. The predicted molar refractivity (Wildman–Crippen MR) is 84.3 cm³/mol. The molecule has 0 N–H and O–H groups in total. The molecule has 1 unspecified atom stereocenters. The first-order valence-electron chi connectivity index (χ1n) is 6.62. The number of aliphatic imine (C=N–C) groups is 1. The Balaban J connectivity index is 2.09. The Hall–Kier alpha value is -0.740. The standard InChI is InChI=1S/C14H17BrClN3/c1-9-7-11(16)8-12(15)13(9)19-10(2)3-5-18-6-4-17-14(18)19/h7-8,10H,3-6H2,1-2H3. The molecule has 1 aromatic rings. The summed E-state index contributed by atoms with van der Waals surface area (Å²) in [6.45, 7) is 7.43. The van der Waals surface area contributed by atoms with Gasteiger partial charge < -0.3 is 9.80 Å². The smallest absolute Gasteiger partial charge is 0.201 e. The van der Waals surface area contributed by atoms with E-state index in [1.54, 1.807) is 0 Å². The summed E-state index contributed by atoms with van der Waals surface area (Å²) in [6, 6.07) is 4.44. The van der Waals surface area contributed by atoms with E-state index >= 15 is 0 Å². The second kappa shape index (κ2) is 4.98. The highest BCUT2D eigenvalue weighted by molar-refractivity contribution is 9.10. The molecule has 0 spiro atoms. The molecule has 0 radical (unpaired) electrons. The Morgan fingerprint density at radius 2 is 2.16 bits per heavy atom. The maximum Gasteiger partial charge on any atom is 0.201 e. The Bertz CT molecular complexity index is 520. The molecule has 2 aliphatic rings. The van der Waals surface area contributed by atoms with Crippen molar-refractivity contribution in [3.8, 4) is 0 Å². The first kappa shape index (κ1) is 13.3. The quantitative estimate of drug-likeness (QED) is 0.775. The van der Waals surface area contributed by atoms with E-state index in [1.807, 2.05) is 12.1 Å². The van der Waals surface area contributed by atoms with Crippen LogP contribution in [-0.4, -0.2) is 36.5 Å². The van der Waals surface area contributed by atoms with Crippen LogP contribution in [0.2, 0.25) is 5.02 Å². The highest BCUT2D eigenvalue weighted by Gasteiger charge is 2.34. The third-order valence-electron chi connectivity index (χ3n) is 3.84. The maximum absolute atomic E-state index is 6.12. The lowest BCUT2D eigenvalue weighted by Gasteiger charge is -2.41. The molecule has 0 amide bonds. The average molecular weight is 343 g/mol. The van der Waals surface area contributed by atoms with Crippen LogP contribution in [0.4, 0.5) is 5.69 Å². The minimum Gasteiger partial charge on any atom is -0.341 e. The second-order valence-corrected chi connectivity index (χ2v) is 6.52. The summed E-state index contributed by atoms with van der Waals surface area (Å²) in [5, 5.41) is 0.767. The zero-order valence-corrected chi connectivity index (χ0v) is 13.5. The number of guanidine groups is 1. The molecule has 0 aliphatic carbocycles. The number of nitrogens with zero attached hydrogens (tertiary/aromatic N) is 3. The van der Waals surface area contributed by atoms with Gasteiger partial charge in [-0.1, -0.05) is 11.6 Å². The van der Waals surface area contributed by atoms with Gasteiger partial charge >= 0.3 is 0 Å². The van der Waals surface area contributed by atoms with Crippen molar-refractivity contribution in [2.24, 2.45) is 4.99 Å². The van der Waals surface area contributed by atoms with E-state index in [1.165, 1.54) is 11.3 Å². The number of hydrogen-bond acceptors (Lipinski definition) is 3. The van der Waals surface area contributed by atoms with Gasteiger partial charge in [0.25, 0.3) is 0 Å². The molecule has 19 heavy (non-hydrogen) atoms. The fourth-order valence-corrected chi connectivity index (χ4v) is 4.05. The molecule has 0 saturated carbocycles. The van der Waals surface area contributed by atoms with Gasteiger partial charge in [0.1, 0.15) is 0 Å². The maximum atomic E-state index is 6.12. The molecule has 1 atom stereocenters. The SMILES string of the molecule is Cc1cc(Cl)cc(Br)c1N1C2=NCCN2CCC1C. The van der Waals surface area contributed by atoms with Crippen molar-refractivity contribution >= 4 is 39.2 Å². The van der Waals surface area contributed by atoms with Crippen LogP contribution in [0.5, 0.6) is 0 Å². The zero-order chi connectivity index (χ0) is 13.6. The monoisotopic (exact) mass is 341 g/mol. The van der Waals surface area contributed by atoms with Crippen LogP contribution in [0.15, 0.2) is 21.6 Å². The summed E-state index contributed by atoms with van der Waals surface area (Å²) in [5.41, 5.74) is 2.38. The van der Waals surface area contributed by atoms with Gasteiger partial charge in [-0.05, 0) is 53.9 Å². The van der Waals surface area contributed by atoms with Gasteiger partial charge in [-0.15, -0.1) is 0 Å². The van der Waals surface area contributed by atoms with Crippen molar-refractivity contribution in [1.29, 1.82) is 0 Å². The Labute approximate surface area is 127 Å². The third-order valence-corrected chi connectivity index (χ3v) is 4.66. The number of aryl methyl sites for hydroxylation is 1. The molecule has 2 heterocycles. The van der Waals surface area contributed by atoms with Crippen LogP contribution in [0.3, 0.4) is 0 Å². The lowest BCUT2D eigenvalue weighted by molar-refractivity contribution is 0.385. The predicted octanol–water partition coefficient (Wildman–Crippen LogP) is 3.68. The van der Waals surface area contributed by atoms with Crippen LogP contribution in [0.25, 0.3) is 0 Å². The summed E-state index contributed by atoms with van der Waals surface area (Å²) < 4.78 is 1.04. The fraction of sp³-hybridized carbons (Fsp3) is 0.500. The number of hydrogen-bond donors (Lipinski definition) is 0.